The lowest BCUT2D eigenvalue weighted by molar-refractivity contribution is -0.0262. The maximum absolute atomic E-state index is 13.3. The largest absolute Gasteiger partial charge is 0.461 e. The van der Waals surface area contributed by atoms with Gasteiger partial charge in [0, 0.05) is 11.1 Å². The number of fused-ring (bicyclic) bond motifs is 1. The van der Waals surface area contributed by atoms with Crippen molar-refractivity contribution in [3.05, 3.63) is 35.0 Å². The van der Waals surface area contributed by atoms with E-state index in [1.165, 1.54) is 0 Å². The Kier molecular flexibility index (Phi) is 4.41. The van der Waals surface area contributed by atoms with E-state index in [1.54, 1.807) is 17.9 Å². The zero-order valence-corrected chi connectivity index (χ0v) is 15.8. The predicted octanol–water partition coefficient (Wildman–Crippen LogP) is 4.47. The smallest absolute Gasteiger partial charge is 0.356 e. The molecule has 0 bridgehead atoms. The van der Waals surface area contributed by atoms with Crippen molar-refractivity contribution >= 4 is 22.6 Å². The molecule has 1 aliphatic heterocycles. The average molecular weight is 362 g/mol. The van der Waals surface area contributed by atoms with Crippen LogP contribution < -0.4 is 4.90 Å². The highest BCUT2D eigenvalue weighted by Crippen LogP contribution is 2.38. The first-order chi connectivity index (χ1) is 12.0. The van der Waals surface area contributed by atoms with Gasteiger partial charge < -0.3 is 9.64 Å². The van der Waals surface area contributed by atoms with Crippen LogP contribution in [0.3, 0.4) is 0 Å². The number of rotatable bonds is 3. The van der Waals surface area contributed by atoms with Crippen molar-refractivity contribution < 1.29 is 18.3 Å². The van der Waals surface area contributed by atoms with Crippen LogP contribution in [0.2, 0.25) is 0 Å². The number of benzene rings is 1. The summed E-state index contributed by atoms with van der Waals surface area (Å²) in [6, 6.07) is 5.50. The minimum Gasteiger partial charge on any atom is -0.461 e. The molecule has 0 radical (unpaired) electrons. The van der Waals surface area contributed by atoms with Gasteiger partial charge in [0.15, 0.2) is 0 Å². The van der Waals surface area contributed by atoms with Crippen LogP contribution in [0.5, 0.6) is 0 Å². The number of aryl methyl sites for hydroxylation is 1. The Morgan fingerprint density at radius 1 is 1.27 bits per heavy atom. The number of anilines is 1. The van der Waals surface area contributed by atoms with E-state index < -0.39 is 11.9 Å². The fourth-order valence-electron chi connectivity index (χ4n) is 3.23. The molecule has 3 rings (SSSR count). The molecule has 140 valence electrons. The summed E-state index contributed by atoms with van der Waals surface area (Å²) in [4.78, 5) is 18.4. The van der Waals surface area contributed by atoms with Crippen molar-refractivity contribution in [2.24, 2.45) is 0 Å². The first-order valence-corrected chi connectivity index (χ1v) is 8.77. The summed E-state index contributed by atoms with van der Waals surface area (Å²) < 4.78 is 31.7. The minimum atomic E-state index is -2.63. The van der Waals surface area contributed by atoms with E-state index in [0.717, 1.165) is 27.7 Å². The van der Waals surface area contributed by atoms with Crippen LogP contribution in [0.1, 0.15) is 49.3 Å². The van der Waals surface area contributed by atoms with Crippen LogP contribution in [0.15, 0.2) is 18.2 Å². The molecule has 26 heavy (non-hydrogen) atoms. The van der Waals surface area contributed by atoms with Gasteiger partial charge >= 0.3 is 5.97 Å². The molecular formula is C20H24F2N2O2. The Morgan fingerprint density at radius 2 is 1.92 bits per heavy atom. The van der Waals surface area contributed by atoms with Gasteiger partial charge in [-0.1, -0.05) is 20.8 Å². The number of halogens is 2. The molecule has 1 aromatic carbocycles. The lowest BCUT2D eigenvalue weighted by Crippen LogP contribution is -2.56. The van der Waals surface area contributed by atoms with Crippen molar-refractivity contribution in [2.45, 2.75) is 46.0 Å². The average Bonchev–Trinajstić information content (AvgIpc) is 2.51. The fourth-order valence-corrected chi connectivity index (χ4v) is 3.23. The first kappa shape index (κ1) is 18.5. The molecule has 0 saturated carbocycles. The normalized spacial score (nSPS) is 16.5. The minimum absolute atomic E-state index is 0.256. The number of pyridine rings is 1. The molecule has 1 saturated heterocycles. The summed E-state index contributed by atoms with van der Waals surface area (Å²) in [5.74, 6) is -3.08. The number of carbonyl (C=O) groups excluding carboxylic acids is 1. The predicted molar refractivity (Wildman–Crippen MR) is 98.3 cm³/mol. The molecule has 1 aromatic heterocycles. The summed E-state index contributed by atoms with van der Waals surface area (Å²) in [5, 5.41) is 0.871. The monoisotopic (exact) mass is 362 g/mol. The molecule has 2 heterocycles. The van der Waals surface area contributed by atoms with Crippen molar-refractivity contribution in [3.8, 4) is 0 Å². The summed E-state index contributed by atoms with van der Waals surface area (Å²) in [5.41, 5.74) is 3.30. The molecule has 1 fully saturated rings. The number of hydrogen-bond acceptors (Lipinski definition) is 4. The molecule has 0 amide bonds. The SMILES string of the molecule is CCOC(=O)c1cc(C)c2cc(N3CC(F)(F)C3)cc(C(C)(C)C)c2n1. The zero-order valence-electron chi connectivity index (χ0n) is 15.8. The van der Waals surface area contributed by atoms with Crippen molar-refractivity contribution in [2.75, 3.05) is 24.6 Å². The van der Waals surface area contributed by atoms with E-state index in [2.05, 4.69) is 4.98 Å². The molecule has 1 aliphatic rings. The highest BCUT2D eigenvalue weighted by atomic mass is 19.3. The van der Waals surface area contributed by atoms with Crippen LogP contribution >= 0.6 is 0 Å². The quantitative estimate of drug-likeness (QED) is 0.756. The molecule has 0 atom stereocenters. The van der Waals surface area contributed by atoms with E-state index >= 15 is 0 Å². The van der Waals surface area contributed by atoms with E-state index in [9.17, 15) is 13.6 Å². The van der Waals surface area contributed by atoms with Gasteiger partial charge in [-0.05, 0) is 48.6 Å². The Balaban J connectivity index is 2.17. The van der Waals surface area contributed by atoms with Crippen molar-refractivity contribution in [3.63, 3.8) is 0 Å². The number of ether oxygens (including phenoxy) is 1. The van der Waals surface area contributed by atoms with Crippen LogP contribution in [0.25, 0.3) is 10.9 Å². The second-order valence-electron chi connectivity index (χ2n) is 7.90. The third-order valence-electron chi connectivity index (χ3n) is 4.61. The van der Waals surface area contributed by atoms with E-state index in [1.807, 2.05) is 39.8 Å². The van der Waals surface area contributed by atoms with Crippen molar-refractivity contribution in [1.29, 1.82) is 0 Å². The topological polar surface area (TPSA) is 42.4 Å². The number of aromatic nitrogens is 1. The third kappa shape index (κ3) is 3.37. The standard InChI is InChI=1S/C20H24F2N2O2/c1-6-26-18(25)16-7-12(2)14-8-13(24-10-20(21,22)11-24)9-15(17(14)23-16)19(3,4)5/h7-9H,6,10-11H2,1-5H3. The molecule has 0 unspecified atom stereocenters. The highest BCUT2D eigenvalue weighted by Gasteiger charge is 2.44. The van der Waals surface area contributed by atoms with Gasteiger partial charge in [0.2, 0.25) is 0 Å². The van der Waals surface area contributed by atoms with Crippen LogP contribution in [-0.4, -0.2) is 36.6 Å². The maximum atomic E-state index is 13.3. The maximum Gasteiger partial charge on any atom is 0.356 e. The molecule has 4 nitrogen and oxygen atoms in total. The van der Waals surface area contributed by atoms with Gasteiger partial charge in [-0.2, -0.15) is 0 Å². The first-order valence-electron chi connectivity index (χ1n) is 8.77. The summed E-state index contributed by atoms with van der Waals surface area (Å²) in [6.45, 7) is 9.53. The second-order valence-corrected chi connectivity index (χ2v) is 7.90. The number of hydrogen-bond donors (Lipinski definition) is 0. The lowest BCUT2D eigenvalue weighted by atomic mass is 9.84. The number of nitrogens with zero attached hydrogens (tertiary/aromatic N) is 2. The van der Waals surface area contributed by atoms with E-state index in [0.29, 0.717) is 0 Å². The van der Waals surface area contributed by atoms with Gasteiger partial charge in [0.05, 0.1) is 25.2 Å². The number of carbonyl (C=O) groups is 1. The molecular weight excluding hydrogens is 338 g/mol. The Morgan fingerprint density at radius 3 is 2.46 bits per heavy atom. The summed E-state index contributed by atoms with van der Waals surface area (Å²) >= 11 is 0. The van der Waals surface area contributed by atoms with E-state index in [4.69, 9.17) is 4.74 Å². The van der Waals surface area contributed by atoms with E-state index in [-0.39, 0.29) is 30.8 Å². The molecule has 0 spiro atoms. The van der Waals surface area contributed by atoms with Crippen LogP contribution in [0, 0.1) is 6.92 Å². The zero-order chi connectivity index (χ0) is 19.3. The van der Waals surface area contributed by atoms with Gasteiger partial charge in [0.25, 0.3) is 5.92 Å². The summed E-state index contributed by atoms with van der Waals surface area (Å²) in [7, 11) is 0. The van der Waals surface area contributed by atoms with Crippen LogP contribution in [-0.2, 0) is 10.2 Å². The number of alkyl halides is 2. The third-order valence-corrected chi connectivity index (χ3v) is 4.61. The Labute approximate surface area is 152 Å². The number of esters is 1. The fraction of sp³-hybridized carbons (Fsp3) is 0.500. The Hall–Kier alpha value is -2.24. The van der Waals surface area contributed by atoms with Gasteiger partial charge in [-0.3, -0.25) is 0 Å². The second kappa shape index (κ2) is 6.18. The molecule has 2 aromatic rings. The molecule has 0 N–H and O–H groups in total. The molecule has 6 heteroatoms. The Bertz CT molecular complexity index is 864. The highest BCUT2D eigenvalue weighted by molar-refractivity contribution is 5.95. The van der Waals surface area contributed by atoms with Gasteiger partial charge in [-0.15, -0.1) is 0 Å². The molecule has 0 aliphatic carbocycles. The van der Waals surface area contributed by atoms with Crippen LogP contribution in [0.4, 0.5) is 14.5 Å². The summed E-state index contributed by atoms with van der Waals surface area (Å²) in [6.07, 6.45) is 0. The van der Waals surface area contributed by atoms with Crippen molar-refractivity contribution in [1.82, 2.24) is 4.98 Å². The van der Waals surface area contributed by atoms with Gasteiger partial charge in [-0.25, -0.2) is 18.6 Å². The lowest BCUT2D eigenvalue weighted by Gasteiger charge is -2.41. The van der Waals surface area contributed by atoms with Gasteiger partial charge in [0.1, 0.15) is 5.69 Å².